The summed E-state index contributed by atoms with van der Waals surface area (Å²) < 4.78 is 5.14. The lowest BCUT2D eigenvalue weighted by atomic mass is 10.0. The Morgan fingerprint density at radius 1 is 0.712 bits per heavy atom. The Morgan fingerprint density at radius 2 is 1.31 bits per heavy atom. The van der Waals surface area contributed by atoms with Crippen molar-refractivity contribution in [1.82, 2.24) is 26.3 Å². The summed E-state index contributed by atoms with van der Waals surface area (Å²) in [4.78, 5) is 66.9. The van der Waals surface area contributed by atoms with E-state index in [4.69, 9.17) is 4.74 Å². The highest BCUT2D eigenvalue weighted by Crippen LogP contribution is 2.20. The second-order valence-corrected chi connectivity index (χ2v) is 12.5. The number of aromatic amines is 1. The molecule has 1 aromatic heterocycles. The number of carboxylic acid groups (broad SMARTS) is 1. The molecule has 0 radical (unpaired) electrons. The molecule has 0 aliphatic heterocycles. The van der Waals surface area contributed by atoms with Crippen molar-refractivity contribution in [2.45, 2.75) is 50.6 Å². The van der Waals surface area contributed by atoms with Crippen molar-refractivity contribution in [3.63, 3.8) is 0 Å². The summed E-state index contributed by atoms with van der Waals surface area (Å²) in [6, 6.07) is 26.9. The highest BCUT2D eigenvalue weighted by molar-refractivity contribution is 5.93. The molecule has 5 aromatic rings. The number of para-hydroxylation sites is 1. The Labute approximate surface area is 301 Å². The van der Waals surface area contributed by atoms with Crippen LogP contribution in [-0.2, 0) is 43.2 Å². The van der Waals surface area contributed by atoms with Crippen molar-refractivity contribution in [2.24, 2.45) is 0 Å². The standard InChI is InChI=1S/C40H43N5O7/c1-52-31-14-11-26(12-15-31)18-20-41-40(51)35(24-38(48)49)45-37(47)17-16-36(46)44-34(23-30-25-43-33-9-5-4-8-32(30)33)39(50)42-21-19-27-10-13-28-6-2-3-7-29(28)22-27/h2-15,22,25,34-35,43H,16-21,23-24H2,1H3,(H,41,51)(H,42,50)(H,44,46)(H,45,47)(H,48,49)/t34-,35-/m0/s1. The van der Waals surface area contributed by atoms with E-state index in [1.54, 1.807) is 19.2 Å². The largest absolute Gasteiger partial charge is 0.497 e. The van der Waals surface area contributed by atoms with Crippen LogP contribution in [0.1, 0.15) is 36.0 Å². The van der Waals surface area contributed by atoms with Crippen molar-refractivity contribution in [2.75, 3.05) is 20.2 Å². The Morgan fingerprint density at radius 3 is 2.00 bits per heavy atom. The molecule has 0 spiro atoms. The van der Waals surface area contributed by atoms with E-state index in [1.807, 2.05) is 79.0 Å². The molecule has 5 rings (SSSR count). The maximum absolute atomic E-state index is 13.5. The fourth-order valence-corrected chi connectivity index (χ4v) is 5.97. The van der Waals surface area contributed by atoms with E-state index < -0.39 is 42.2 Å². The van der Waals surface area contributed by atoms with Crippen LogP contribution in [0.4, 0.5) is 0 Å². The lowest BCUT2D eigenvalue weighted by Gasteiger charge is -2.19. The second kappa shape index (κ2) is 18.2. The molecule has 0 saturated carbocycles. The third kappa shape index (κ3) is 10.7. The Kier molecular flexibility index (Phi) is 13.0. The molecular weight excluding hydrogens is 662 g/mol. The first-order valence-electron chi connectivity index (χ1n) is 17.2. The first-order chi connectivity index (χ1) is 25.2. The maximum atomic E-state index is 13.5. The minimum Gasteiger partial charge on any atom is -0.497 e. The minimum atomic E-state index is -1.33. The van der Waals surface area contributed by atoms with Crippen LogP contribution < -0.4 is 26.0 Å². The number of hydrogen-bond acceptors (Lipinski definition) is 6. The van der Waals surface area contributed by atoms with Crippen LogP contribution in [0.3, 0.4) is 0 Å². The van der Waals surface area contributed by atoms with Crippen molar-refractivity contribution >= 4 is 51.3 Å². The number of methoxy groups -OCH3 is 1. The van der Waals surface area contributed by atoms with Gasteiger partial charge in [-0.3, -0.25) is 24.0 Å². The van der Waals surface area contributed by atoms with E-state index >= 15 is 0 Å². The number of aromatic nitrogens is 1. The van der Waals surface area contributed by atoms with E-state index in [0.717, 1.165) is 38.4 Å². The highest BCUT2D eigenvalue weighted by Gasteiger charge is 2.25. The van der Waals surface area contributed by atoms with E-state index in [0.29, 0.717) is 25.1 Å². The number of H-pyrrole nitrogens is 1. The van der Waals surface area contributed by atoms with E-state index in [2.05, 4.69) is 32.3 Å². The van der Waals surface area contributed by atoms with Crippen LogP contribution >= 0.6 is 0 Å². The molecule has 0 fully saturated rings. The van der Waals surface area contributed by atoms with Crippen LogP contribution in [0.25, 0.3) is 21.7 Å². The number of benzene rings is 4. The van der Waals surface area contributed by atoms with Crippen LogP contribution in [0.5, 0.6) is 5.75 Å². The van der Waals surface area contributed by atoms with Gasteiger partial charge in [0, 0.05) is 49.5 Å². The van der Waals surface area contributed by atoms with E-state index in [-0.39, 0.29) is 31.7 Å². The summed E-state index contributed by atoms with van der Waals surface area (Å²) in [5.41, 5.74) is 3.75. The van der Waals surface area contributed by atoms with Crippen LogP contribution in [-0.4, -0.2) is 72.0 Å². The summed E-state index contributed by atoms with van der Waals surface area (Å²) in [7, 11) is 1.57. The van der Waals surface area contributed by atoms with Gasteiger partial charge in [0.15, 0.2) is 0 Å². The molecule has 1 heterocycles. The van der Waals surface area contributed by atoms with Gasteiger partial charge in [0.25, 0.3) is 0 Å². The minimum absolute atomic E-state index is 0.209. The van der Waals surface area contributed by atoms with Crippen molar-refractivity contribution < 1.29 is 33.8 Å². The number of carbonyl (C=O) groups excluding carboxylic acids is 4. The zero-order chi connectivity index (χ0) is 36.9. The number of nitrogens with one attached hydrogen (secondary N) is 5. The van der Waals surface area contributed by atoms with Gasteiger partial charge in [-0.1, -0.05) is 72.8 Å². The molecule has 12 nitrogen and oxygen atoms in total. The molecule has 6 N–H and O–H groups in total. The SMILES string of the molecule is COc1ccc(CCNC(=O)[C@H](CC(=O)O)NC(=O)CCC(=O)N[C@@H](Cc2c[nH]c3ccccc23)C(=O)NCCc2ccc3ccccc3c2)cc1. The van der Waals surface area contributed by atoms with Gasteiger partial charge in [-0.2, -0.15) is 0 Å². The highest BCUT2D eigenvalue weighted by atomic mass is 16.5. The third-order valence-corrected chi connectivity index (χ3v) is 8.76. The molecule has 0 aliphatic carbocycles. The van der Waals surface area contributed by atoms with Gasteiger partial charge < -0.3 is 36.1 Å². The topological polar surface area (TPSA) is 179 Å². The molecule has 12 heteroatoms. The van der Waals surface area contributed by atoms with Crippen LogP contribution in [0.2, 0.25) is 0 Å². The Bertz CT molecular complexity index is 2020. The number of aliphatic carboxylic acids is 1. The summed E-state index contributed by atoms with van der Waals surface area (Å²) >= 11 is 0. The quantitative estimate of drug-likeness (QED) is 0.0803. The number of ether oxygens (including phenoxy) is 1. The van der Waals surface area contributed by atoms with Crippen LogP contribution in [0.15, 0.2) is 97.2 Å². The lowest BCUT2D eigenvalue weighted by Crippen LogP contribution is -2.49. The first-order valence-corrected chi connectivity index (χ1v) is 17.2. The zero-order valence-corrected chi connectivity index (χ0v) is 28.9. The molecule has 52 heavy (non-hydrogen) atoms. The Hall–Kier alpha value is -6.17. The molecule has 0 unspecified atom stereocenters. The van der Waals surface area contributed by atoms with Gasteiger partial charge >= 0.3 is 5.97 Å². The van der Waals surface area contributed by atoms with Gasteiger partial charge in [-0.25, -0.2) is 0 Å². The molecule has 270 valence electrons. The summed E-state index contributed by atoms with van der Waals surface area (Å²) in [5.74, 6) is -2.78. The lowest BCUT2D eigenvalue weighted by molar-refractivity contribution is -0.140. The second-order valence-electron chi connectivity index (χ2n) is 12.5. The fraction of sp³-hybridized carbons (Fsp3) is 0.275. The maximum Gasteiger partial charge on any atom is 0.305 e. The number of fused-ring (bicyclic) bond motifs is 2. The molecule has 4 amide bonds. The van der Waals surface area contributed by atoms with Crippen LogP contribution in [0, 0.1) is 0 Å². The number of rotatable bonds is 18. The smallest absolute Gasteiger partial charge is 0.305 e. The van der Waals surface area contributed by atoms with E-state index in [1.165, 1.54) is 0 Å². The summed E-state index contributed by atoms with van der Waals surface area (Å²) in [6.45, 7) is 0.578. The Balaban J connectivity index is 1.15. The number of carbonyl (C=O) groups is 5. The average Bonchev–Trinajstić information content (AvgIpc) is 3.56. The predicted octanol–water partition coefficient (Wildman–Crippen LogP) is 3.81. The van der Waals surface area contributed by atoms with E-state index in [9.17, 15) is 29.1 Å². The number of carboxylic acids is 1. The average molecular weight is 706 g/mol. The molecule has 4 aromatic carbocycles. The molecule has 0 bridgehead atoms. The zero-order valence-electron chi connectivity index (χ0n) is 28.9. The molecule has 0 saturated heterocycles. The summed E-state index contributed by atoms with van der Waals surface area (Å²) in [6.07, 6.45) is 1.88. The number of amides is 4. The normalized spacial score (nSPS) is 12.1. The predicted molar refractivity (Wildman–Crippen MR) is 198 cm³/mol. The first kappa shape index (κ1) is 37.1. The van der Waals surface area contributed by atoms with Crippen molar-refractivity contribution in [3.05, 3.63) is 114 Å². The van der Waals surface area contributed by atoms with Crippen molar-refractivity contribution in [3.8, 4) is 5.75 Å². The van der Waals surface area contributed by atoms with Gasteiger partial charge in [-0.05, 0) is 58.5 Å². The monoisotopic (exact) mass is 705 g/mol. The van der Waals surface area contributed by atoms with Gasteiger partial charge in [0.05, 0.1) is 13.5 Å². The molecular formula is C40H43N5O7. The summed E-state index contributed by atoms with van der Waals surface area (Å²) in [5, 5.41) is 23.4. The fourth-order valence-electron chi connectivity index (χ4n) is 5.97. The van der Waals surface area contributed by atoms with Gasteiger partial charge in [0.1, 0.15) is 17.8 Å². The van der Waals surface area contributed by atoms with Gasteiger partial charge in [0.2, 0.25) is 23.6 Å². The number of hydrogen-bond donors (Lipinski definition) is 6. The molecule has 0 aliphatic rings. The molecule has 2 atom stereocenters. The third-order valence-electron chi connectivity index (χ3n) is 8.76. The van der Waals surface area contributed by atoms with Gasteiger partial charge in [-0.15, -0.1) is 0 Å². The van der Waals surface area contributed by atoms with Crippen molar-refractivity contribution in [1.29, 1.82) is 0 Å².